The summed E-state index contributed by atoms with van der Waals surface area (Å²) in [5.74, 6) is -1.25. The molecule has 1 aliphatic heterocycles. The van der Waals surface area contributed by atoms with E-state index in [4.69, 9.17) is 11.6 Å². The minimum atomic E-state index is -4.57. The van der Waals surface area contributed by atoms with E-state index >= 15 is 0 Å². The number of amides is 1. The number of hydrogen-bond acceptors (Lipinski definition) is 4. The van der Waals surface area contributed by atoms with Crippen LogP contribution in [0.15, 0.2) is 39.9 Å². The first-order valence-corrected chi connectivity index (χ1v) is 11.0. The SMILES string of the molecule is O=C(Nc1cc(C(F)(F)F)ccc1Cl)C1CCCN(S(=O)(=O)c2cccs2)C1. The van der Waals surface area contributed by atoms with Gasteiger partial charge in [0, 0.05) is 13.1 Å². The zero-order valence-corrected chi connectivity index (χ0v) is 16.8. The Labute approximate surface area is 169 Å². The molecule has 0 spiro atoms. The number of anilines is 1. The number of hydrogen-bond donors (Lipinski definition) is 1. The number of nitrogens with zero attached hydrogens (tertiary/aromatic N) is 1. The van der Waals surface area contributed by atoms with Crippen molar-refractivity contribution in [1.82, 2.24) is 4.31 Å². The van der Waals surface area contributed by atoms with E-state index in [1.807, 2.05) is 0 Å². The molecule has 2 aromatic rings. The average Bonchev–Trinajstić information content (AvgIpc) is 3.18. The van der Waals surface area contributed by atoms with Crippen LogP contribution in [0.4, 0.5) is 18.9 Å². The Morgan fingerprint density at radius 3 is 2.68 bits per heavy atom. The van der Waals surface area contributed by atoms with Crippen molar-refractivity contribution in [3.63, 3.8) is 0 Å². The van der Waals surface area contributed by atoms with E-state index in [1.54, 1.807) is 11.4 Å². The van der Waals surface area contributed by atoms with Crippen LogP contribution in [0.25, 0.3) is 0 Å². The third-order valence-electron chi connectivity index (χ3n) is 4.40. The molecule has 1 aromatic carbocycles. The molecule has 0 aliphatic carbocycles. The Bertz CT molecular complexity index is 963. The van der Waals surface area contributed by atoms with Gasteiger partial charge >= 0.3 is 6.18 Å². The summed E-state index contributed by atoms with van der Waals surface area (Å²) in [6.07, 6.45) is -3.67. The molecule has 1 saturated heterocycles. The van der Waals surface area contributed by atoms with Gasteiger partial charge in [-0.15, -0.1) is 11.3 Å². The number of carbonyl (C=O) groups excluding carboxylic acids is 1. The largest absolute Gasteiger partial charge is 0.416 e. The maximum absolute atomic E-state index is 12.9. The topological polar surface area (TPSA) is 66.5 Å². The summed E-state index contributed by atoms with van der Waals surface area (Å²) < 4.78 is 65.4. The normalized spacial score (nSPS) is 18.8. The molecule has 5 nitrogen and oxygen atoms in total. The Kier molecular flexibility index (Phi) is 6.04. The van der Waals surface area contributed by atoms with E-state index in [2.05, 4.69) is 5.32 Å². The highest BCUT2D eigenvalue weighted by molar-refractivity contribution is 7.91. The van der Waals surface area contributed by atoms with E-state index < -0.39 is 33.6 Å². The first-order valence-electron chi connectivity index (χ1n) is 8.30. The Morgan fingerprint density at radius 2 is 2.04 bits per heavy atom. The van der Waals surface area contributed by atoms with Gasteiger partial charge in [-0.05, 0) is 42.5 Å². The zero-order chi connectivity index (χ0) is 20.5. The smallest absolute Gasteiger partial charge is 0.324 e. The molecule has 1 atom stereocenters. The van der Waals surface area contributed by atoms with Gasteiger partial charge in [0.1, 0.15) is 4.21 Å². The maximum atomic E-state index is 12.9. The number of benzene rings is 1. The highest BCUT2D eigenvalue weighted by Crippen LogP contribution is 2.34. The van der Waals surface area contributed by atoms with Crippen molar-refractivity contribution >= 4 is 44.6 Å². The van der Waals surface area contributed by atoms with Gasteiger partial charge in [-0.3, -0.25) is 4.79 Å². The second-order valence-corrected chi connectivity index (χ2v) is 9.84. The minimum Gasteiger partial charge on any atom is -0.324 e. The monoisotopic (exact) mass is 452 g/mol. The molecule has 1 aliphatic rings. The van der Waals surface area contributed by atoms with Gasteiger partial charge in [-0.1, -0.05) is 17.7 Å². The van der Waals surface area contributed by atoms with Crippen molar-refractivity contribution in [3.05, 3.63) is 46.3 Å². The quantitative estimate of drug-likeness (QED) is 0.744. The standard InChI is InChI=1S/C17H16ClF3N2O3S2/c18-13-6-5-12(17(19,20)21)9-14(13)22-16(24)11-3-1-7-23(10-11)28(25,26)15-4-2-8-27-15/h2,4-6,8-9,11H,1,3,7,10H2,(H,22,24). The number of rotatable bonds is 4. The molecule has 0 saturated carbocycles. The molecule has 0 bridgehead atoms. The lowest BCUT2D eigenvalue weighted by Crippen LogP contribution is -2.43. The molecule has 11 heteroatoms. The summed E-state index contributed by atoms with van der Waals surface area (Å²) in [6, 6.07) is 5.78. The second-order valence-electron chi connectivity index (χ2n) is 6.32. The highest BCUT2D eigenvalue weighted by Gasteiger charge is 2.35. The van der Waals surface area contributed by atoms with Crippen LogP contribution in [-0.4, -0.2) is 31.7 Å². The number of piperidine rings is 1. The van der Waals surface area contributed by atoms with E-state index in [1.165, 1.54) is 10.4 Å². The number of carbonyl (C=O) groups is 1. The lowest BCUT2D eigenvalue weighted by atomic mass is 9.98. The van der Waals surface area contributed by atoms with Crippen LogP contribution < -0.4 is 5.32 Å². The molecular weight excluding hydrogens is 437 g/mol. The van der Waals surface area contributed by atoms with Gasteiger partial charge in [0.05, 0.1) is 22.2 Å². The predicted molar refractivity (Wildman–Crippen MR) is 101 cm³/mol. The highest BCUT2D eigenvalue weighted by atomic mass is 35.5. The summed E-state index contributed by atoms with van der Waals surface area (Å²) in [4.78, 5) is 12.6. The summed E-state index contributed by atoms with van der Waals surface area (Å²) in [6.45, 7) is 0.247. The van der Waals surface area contributed by atoms with E-state index in [-0.39, 0.29) is 28.0 Å². The Morgan fingerprint density at radius 1 is 1.29 bits per heavy atom. The zero-order valence-electron chi connectivity index (χ0n) is 14.4. The third-order valence-corrected chi connectivity index (χ3v) is 7.96. The fraction of sp³-hybridized carbons (Fsp3) is 0.353. The molecule has 0 radical (unpaired) electrons. The van der Waals surface area contributed by atoms with Gasteiger partial charge < -0.3 is 5.32 Å². The molecule has 1 fully saturated rings. The van der Waals surface area contributed by atoms with Crippen LogP contribution in [0.1, 0.15) is 18.4 Å². The Hall–Kier alpha value is -1.62. The summed E-state index contributed by atoms with van der Waals surface area (Å²) in [5.41, 5.74) is -1.09. The molecule has 1 amide bonds. The number of thiophene rings is 1. The van der Waals surface area contributed by atoms with Crippen molar-refractivity contribution in [3.8, 4) is 0 Å². The molecule has 28 heavy (non-hydrogen) atoms. The minimum absolute atomic E-state index is 0.0276. The van der Waals surface area contributed by atoms with Gasteiger partial charge in [0.25, 0.3) is 10.0 Å². The fourth-order valence-corrected chi connectivity index (χ4v) is 5.78. The van der Waals surface area contributed by atoms with Crippen LogP contribution in [0.3, 0.4) is 0 Å². The molecule has 2 heterocycles. The van der Waals surface area contributed by atoms with Crippen molar-refractivity contribution in [2.75, 3.05) is 18.4 Å². The van der Waals surface area contributed by atoms with E-state index in [0.717, 1.165) is 29.5 Å². The summed E-state index contributed by atoms with van der Waals surface area (Å²) in [5, 5.41) is 4.03. The van der Waals surface area contributed by atoms with Crippen LogP contribution >= 0.6 is 22.9 Å². The molecule has 1 aromatic heterocycles. The van der Waals surface area contributed by atoms with Crippen molar-refractivity contribution in [1.29, 1.82) is 0 Å². The molecule has 3 rings (SSSR count). The lowest BCUT2D eigenvalue weighted by molar-refractivity contribution is -0.137. The Balaban J connectivity index is 1.75. The number of sulfonamides is 1. The summed E-state index contributed by atoms with van der Waals surface area (Å²) in [7, 11) is -3.70. The predicted octanol–water partition coefficient (Wildman–Crippen LogP) is 4.46. The van der Waals surface area contributed by atoms with Crippen LogP contribution in [0.5, 0.6) is 0 Å². The molecule has 1 N–H and O–H groups in total. The molecular formula is C17H16ClF3N2O3S2. The van der Waals surface area contributed by atoms with E-state index in [9.17, 15) is 26.4 Å². The van der Waals surface area contributed by atoms with Gasteiger partial charge in [0.15, 0.2) is 0 Å². The average molecular weight is 453 g/mol. The number of alkyl halides is 3. The lowest BCUT2D eigenvalue weighted by Gasteiger charge is -2.30. The number of nitrogens with one attached hydrogen (secondary N) is 1. The van der Waals surface area contributed by atoms with Gasteiger partial charge in [-0.2, -0.15) is 17.5 Å². The van der Waals surface area contributed by atoms with Crippen LogP contribution in [0.2, 0.25) is 5.02 Å². The van der Waals surface area contributed by atoms with Gasteiger partial charge in [-0.25, -0.2) is 8.42 Å². The second kappa shape index (κ2) is 8.02. The first-order chi connectivity index (χ1) is 13.1. The first kappa shape index (κ1) is 21.1. The van der Waals surface area contributed by atoms with E-state index in [0.29, 0.717) is 12.8 Å². The molecule has 152 valence electrons. The summed E-state index contributed by atoms with van der Waals surface area (Å²) >= 11 is 7.00. The third kappa shape index (κ3) is 4.51. The van der Waals surface area contributed by atoms with Gasteiger partial charge in [0.2, 0.25) is 5.91 Å². The maximum Gasteiger partial charge on any atom is 0.416 e. The number of halogens is 4. The van der Waals surface area contributed by atoms with Crippen LogP contribution in [-0.2, 0) is 21.0 Å². The van der Waals surface area contributed by atoms with Crippen molar-refractivity contribution < 1.29 is 26.4 Å². The van der Waals surface area contributed by atoms with Crippen molar-refractivity contribution in [2.45, 2.75) is 23.2 Å². The fourth-order valence-electron chi connectivity index (χ4n) is 2.94. The molecule has 1 unspecified atom stereocenters. The van der Waals surface area contributed by atoms with Crippen LogP contribution in [0, 0.1) is 5.92 Å². The van der Waals surface area contributed by atoms with Crippen molar-refractivity contribution in [2.24, 2.45) is 5.92 Å².